The van der Waals surface area contributed by atoms with Crippen molar-refractivity contribution in [3.63, 3.8) is 0 Å². The second-order valence-electron chi connectivity index (χ2n) is 3.81. The Balaban J connectivity index is 2.28. The summed E-state index contributed by atoms with van der Waals surface area (Å²) in [5, 5.41) is 5.68. The Kier molecular flexibility index (Phi) is 2.64. The summed E-state index contributed by atoms with van der Waals surface area (Å²) in [5.74, 6) is 0.661. The molecular formula is C12H14N2O2. The lowest BCUT2D eigenvalue weighted by atomic mass is 10.1. The number of rotatable bonds is 2. The fourth-order valence-electron chi connectivity index (χ4n) is 1.56. The Morgan fingerprint density at radius 2 is 1.94 bits per heavy atom. The van der Waals surface area contributed by atoms with E-state index in [2.05, 4.69) is 5.10 Å². The summed E-state index contributed by atoms with van der Waals surface area (Å²) in [6.45, 7) is 3.73. The van der Waals surface area contributed by atoms with Crippen molar-refractivity contribution < 1.29 is 9.53 Å². The summed E-state index contributed by atoms with van der Waals surface area (Å²) in [6.07, 6.45) is 0. The van der Waals surface area contributed by atoms with Crippen molar-refractivity contribution in [2.75, 3.05) is 12.1 Å². The van der Waals surface area contributed by atoms with E-state index in [9.17, 15) is 4.79 Å². The van der Waals surface area contributed by atoms with Gasteiger partial charge in [-0.25, -0.2) is 5.01 Å². The SMILES string of the molecule is COc1ccc(N2N=C(C)C(C)C2=O)cc1. The molecule has 2 rings (SSSR count). The van der Waals surface area contributed by atoms with Crippen LogP contribution in [0, 0.1) is 5.92 Å². The van der Waals surface area contributed by atoms with Gasteiger partial charge in [0.2, 0.25) is 0 Å². The Hall–Kier alpha value is -1.84. The van der Waals surface area contributed by atoms with Crippen molar-refractivity contribution in [2.45, 2.75) is 13.8 Å². The van der Waals surface area contributed by atoms with Gasteiger partial charge in [-0.1, -0.05) is 0 Å². The van der Waals surface area contributed by atoms with Crippen LogP contribution in [0.4, 0.5) is 5.69 Å². The van der Waals surface area contributed by atoms with Crippen LogP contribution in [0.3, 0.4) is 0 Å². The average molecular weight is 218 g/mol. The Bertz CT molecular complexity index is 437. The molecule has 1 amide bonds. The minimum atomic E-state index is -0.123. The molecule has 1 aliphatic heterocycles. The van der Waals surface area contributed by atoms with Crippen molar-refractivity contribution in [1.29, 1.82) is 0 Å². The third-order valence-electron chi connectivity index (χ3n) is 2.78. The zero-order valence-electron chi connectivity index (χ0n) is 9.60. The van der Waals surface area contributed by atoms with E-state index in [1.807, 2.05) is 38.1 Å². The van der Waals surface area contributed by atoms with Gasteiger partial charge in [-0.15, -0.1) is 0 Å². The summed E-state index contributed by atoms with van der Waals surface area (Å²) < 4.78 is 5.06. The van der Waals surface area contributed by atoms with E-state index in [4.69, 9.17) is 4.74 Å². The molecule has 4 nitrogen and oxygen atoms in total. The molecule has 1 atom stereocenters. The molecule has 0 fully saturated rings. The molecule has 16 heavy (non-hydrogen) atoms. The fraction of sp³-hybridized carbons (Fsp3) is 0.333. The lowest BCUT2D eigenvalue weighted by Gasteiger charge is -2.13. The number of ether oxygens (including phenoxy) is 1. The van der Waals surface area contributed by atoms with Crippen LogP contribution in [0.5, 0.6) is 5.75 Å². The second-order valence-corrected chi connectivity index (χ2v) is 3.81. The number of carbonyl (C=O) groups is 1. The number of carbonyl (C=O) groups excluding carboxylic acids is 1. The van der Waals surface area contributed by atoms with E-state index in [1.165, 1.54) is 5.01 Å². The predicted molar refractivity (Wildman–Crippen MR) is 62.8 cm³/mol. The molecule has 0 aromatic heterocycles. The summed E-state index contributed by atoms with van der Waals surface area (Å²) in [7, 11) is 1.61. The van der Waals surface area contributed by atoms with E-state index in [-0.39, 0.29) is 11.8 Å². The highest BCUT2D eigenvalue weighted by molar-refractivity contribution is 6.14. The zero-order valence-corrected chi connectivity index (χ0v) is 9.60. The van der Waals surface area contributed by atoms with Crippen LogP contribution in [0.2, 0.25) is 0 Å². The van der Waals surface area contributed by atoms with Crippen molar-refractivity contribution in [3.8, 4) is 5.75 Å². The molecule has 1 aliphatic rings. The van der Waals surface area contributed by atoms with Crippen molar-refractivity contribution in [1.82, 2.24) is 0 Å². The molecule has 1 heterocycles. The lowest BCUT2D eigenvalue weighted by molar-refractivity contribution is -0.119. The van der Waals surface area contributed by atoms with E-state index < -0.39 is 0 Å². The lowest BCUT2D eigenvalue weighted by Crippen LogP contribution is -2.24. The smallest absolute Gasteiger partial charge is 0.255 e. The molecule has 1 aromatic carbocycles. The Labute approximate surface area is 94.5 Å². The molecule has 0 spiro atoms. The molecule has 0 radical (unpaired) electrons. The van der Waals surface area contributed by atoms with Crippen LogP contribution in [0.15, 0.2) is 29.4 Å². The maximum absolute atomic E-state index is 11.9. The highest BCUT2D eigenvalue weighted by Crippen LogP contribution is 2.25. The monoisotopic (exact) mass is 218 g/mol. The molecule has 1 unspecified atom stereocenters. The summed E-state index contributed by atoms with van der Waals surface area (Å²) in [4.78, 5) is 11.9. The molecular weight excluding hydrogens is 204 g/mol. The van der Waals surface area contributed by atoms with Gasteiger partial charge in [0.25, 0.3) is 5.91 Å². The van der Waals surface area contributed by atoms with Gasteiger partial charge in [0.15, 0.2) is 0 Å². The van der Waals surface area contributed by atoms with Crippen molar-refractivity contribution in [2.24, 2.45) is 11.0 Å². The quantitative estimate of drug-likeness (QED) is 0.762. The first-order valence-corrected chi connectivity index (χ1v) is 5.16. The van der Waals surface area contributed by atoms with Crippen LogP contribution in [-0.4, -0.2) is 18.7 Å². The zero-order chi connectivity index (χ0) is 11.7. The first-order chi connectivity index (χ1) is 7.63. The van der Waals surface area contributed by atoms with Crippen LogP contribution >= 0.6 is 0 Å². The molecule has 0 aliphatic carbocycles. The highest BCUT2D eigenvalue weighted by atomic mass is 16.5. The molecule has 0 N–H and O–H groups in total. The number of amides is 1. The third-order valence-corrected chi connectivity index (χ3v) is 2.78. The van der Waals surface area contributed by atoms with Gasteiger partial charge < -0.3 is 4.74 Å². The maximum Gasteiger partial charge on any atom is 0.255 e. The standard InChI is InChI=1S/C12H14N2O2/c1-8-9(2)13-14(12(8)15)10-4-6-11(16-3)7-5-10/h4-8H,1-3H3. The Morgan fingerprint density at radius 1 is 1.31 bits per heavy atom. The van der Waals surface area contributed by atoms with Gasteiger partial charge in [0, 0.05) is 5.71 Å². The van der Waals surface area contributed by atoms with Gasteiger partial charge in [-0.05, 0) is 38.1 Å². The predicted octanol–water partition coefficient (Wildman–Crippen LogP) is 2.05. The van der Waals surface area contributed by atoms with Crippen molar-refractivity contribution >= 4 is 17.3 Å². The molecule has 84 valence electrons. The number of hydrogen-bond donors (Lipinski definition) is 0. The van der Waals surface area contributed by atoms with Crippen LogP contribution < -0.4 is 9.75 Å². The molecule has 0 bridgehead atoms. The molecule has 0 saturated heterocycles. The van der Waals surface area contributed by atoms with E-state index in [1.54, 1.807) is 7.11 Å². The number of hydrazone groups is 1. The van der Waals surface area contributed by atoms with Crippen LogP contribution in [-0.2, 0) is 4.79 Å². The molecule has 1 aromatic rings. The normalized spacial score (nSPS) is 19.9. The van der Waals surface area contributed by atoms with Gasteiger partial charge in [0.1, 0.15) is 5.75 Å². The number of nitrogens with zero attached hydrogens (tertiary/aromatic N) is 2. The first-order valence-electron chi connectivity index (χ1n) is 5.16. The second kappa shape index (κ2) is 3.96. The first kappa shape index (κ1) is 10.7. The van der Waals surface area contributed by atoms with Gasteiger partial charge in [-0.3, -0.25) is 4.79 Å². The molecule has 0 saturated carbocycles. The topological polar surface area (TPSA) is 41.9 Å². The van der Waals surface area contributed by atoms with Gasteiger partial charge >= 0.3 is 0 Å². The number of methoxy groups -OCH3 is 1. The largest absolute Gasteiger partial charge is 0.497 e. The average Bonchev–Trinajstić information content (AvgIpc) is 2.57. The van der Waals surface area contributed by atoms with Crippen molar-refractivity contribution in [3.05, 3.63) is 24.3 Å². The van der Waals surface area contributed by atoms with Crippen LogP contribution in [0.1, 0.15) is 13.8 Å². The fourth-order valence-corrected chi connectivity index (χ4v) is 1.56. The highest BCUT2D eigenvalue weighted by Gasteiger charge is 2.30. The van der Waals surface area contributed by atoms with Gasteiger partial charge in [0.05, 0.1) is 18.7 Å². The summed E-state index contributed by atoms with van der Waals surface area (Å²) >= 11 is 0. The van der Waals surface area contributed by atoms with E-state index in [0.29, 0.717) is 0 Å². The van der Waals surface area contributed by atoms with Gasteiger partial charge in [-0.2, -0.15) is 5.10 Å². The van der Waals surface area contributed by atoms with E-state index in [0.717, 1.165) is 17.1 Å². The minimum absolute atomic E-state index is 0.0164. The summed E-state index contributed by atoms with van der Waals surface area (Å²) in [6, 6.07) is 7.28. The summed E-state index contributed by atoms with van der Waals surface area (Å²) in [5.41, 5.74) is 1.62. The number of benzene rings is 1. The molecule has 4 heteroatoms. The number of anilines is 1. The number of hydrogen-bond acceptors (Lipinski definition) is 3. The maximum atomic E-state index is 11.9. The minimum Gasteiger partial charge on any atom is -0.497 e. The van der Waals surface area contributed by atoms with Crippen LogP contribution in [0.25, 0.3) is 0 Å². The third kappa shape index (κ3) is 1.66. The van der Waals surface area contributed by atoms with E-state index >= 15 is 0 Å². The Morgan fingerprint density at radius 3 is 2.38 bits per heavy atom.